The number of aromatic nitrogens is 3. The Balaban J connectivity index is 2.38. The Kier molecular flexibility index (Phi) is 2.41. The number of ketones is 1. The maximum absolute atomic E-state index is 11.7. The Morgan fingerprint density at radius 3 is 2.67 bits per heavy atom. The number of hydrogen-bond donors (Lipinski definition) is 0. The topological polar surface area (TPSA) is 47.8 Å². The molecule has 0 bridgehead atoms. The summed E-state index contributed by atoms with van der Waals surface area (Å²) in [6.07, 6.45) is 3.40. The van der Waals surface area contributed by atoms with Gasteiger partial charge in [-0.1, -0.05) is 18.2 Å². The molecule has 0 aliphatic carbocycles. The van der Waals surface area contributed by atoms with Gasteiger partial charge in [0, 0.05) is 18.8 Å². The maximum Gasteiger partial charge on any atom is 0.195 e. The number of rotatable bonds is 2. The molecule has 0 atom stereocenters. The number of imidazole rings is 1. The summed E-state index contributed by atoms with van der Waals surface area (Å²) in [5, 5.41) is 0. The van der Waals surface area contributed by atoms with Crippen LogP contribution in [-0.2, 0) is 0 Å². The third kappa shape index (κ3) is 1.59. The quantitative estimate of drug-likeness (QED) is 0.644. The van der Waals surface area contributed by atoms with E-state index in [1.54, 1.807) is 18.5 Å². The van der Waals surface area contributed by atoms with E-state index in [2.05, 4.69) is 9.97 Å². The van der Waals surface area contributed by atoms with Gasteiger partial charge in [-0.3, -0.25) is 14.3 Å². The number of nitrogens with zero attached hydrogens (tertiary/aromatic N) is 3. The van der Waals surface area contributed by atoms with Crippen LogP contribution in [0.1, 0.15) is 17.5 Å². The van der Waals surface area contributed by atoms with Crippen LogP contribution in [0.25, 0.3) is 16.7 Å². The molecule has 3 rings (SSSR count). The second-order valence-corrected chi connectivity index (χ2v) is 4.03. The summed E-state index contributed by atoms with van der Waals surface area (Å²) in [5.41, 5.74) is 2.53. The molecule has 4 nitrogen and oxygen atoms in total. The lowest BCUT2D eigenvalue weighted by molar-refractivity contribution is 0.100. The first kappa shape index (κ1) is 10.7. The van der Waals surface area contributed by atoms with Gasteiger partial charge in [0.15, 0.2) is 11.6 Å². The molecule has 0 aliphatic heterocycles. The second-order valence-electron chi connectivity index (χ2n) is 4.03. The Hall–Kier alpha value is -2.49. The van der Waals surface area contributed by atoms with E-state index in [1.807, 2.05) is 34.9 Å². The Morgan fingerprint density at radius 1 is 1.17 bits per heavy atom. The third-order valence-corrected chi connectivity index (χ3v) is 2.79. The predicted octanol–water partition coefficient (Wildman–Crippen LogP) is 2.62. The molecule has 0 saturated carbocycles. The summed E-state index contributed by atoms with van der Waals surface area (Å²) in [4.78, 5) is 20.2. The van der Waals surface area contributed by atoms with E-state index in [0.29, 0.717) is 5.82 Å². The van der Waals surface area contributed by atoms with Crippen LogP contribution in [0.3, 0.4) is 0 Å². The lowest BCUT2D eigenvalue weighted by Gasteiger charge is -2.06. The largest absolute Gasteiger partial charge is 0.291 e. The molecule has 2 aromatic heterocycles. The lowest BCUT2D eigenvalue weighted by atomic mass is 10.3. The van der Waals surface area contributed by atoms with Crippen molar-refractivity contribution in [2.24, 2.45) is 0 Å². The average molecular weight is 237 g/mol. The van der Waals surface area contributed by atoms with E-state index < -0.39 is 0 Å². The summed E-state index contributed by atoms with van der Waals surface area (Å²) in [7, 11) is 0. The van der Waals surface area contributed by atoms with Crippen LogP contribution in [-0.4, -0.2) is 20.3 Å². The second kappa shape index (κ2) is 4.07. The van der Waals surface area contributed by atoms with Gasteiger partial charge in [0.1, 0.15) is 0 Å². The summed E-state index contributed by atoms with van der Waals surface area (Å²) < 4.78 is 1.84. The summed E-state index contributed by atoms with van der Waals surface area (Å²) in [5.74, 6) is 0.374. The fourth-order valence-electron chi connectivity index (χ4n) is 2.00. The monoisotopic (exact) mass is 237 g/mol. The summed E-state index contributed by atoms with van der Waals surface area (Å²) in [6.45, 7) is 1.52. The first-order chi connectivity index (χ1) is 8.77. The molecule has 1 aromatic carbocycles. The van der Waals surface area contributed by atoms with Gasteiger partial charge in [0.05, 0.1) is 17.2 Å². The Morgan fingerprint density at radius 2 is 1.94 bits per heavy atom. The number of para-hydroxylation sites is 1. The van der Waals surface area contributed by atoms with Gasteiger partial charge in [0.2, 0.25) is 0 Å². The molecule has 0 aliphatic rings. The molecule has 18 heavy (non-hydrogen) atoms. The number of fused-ring (bicyclic) bond motifs is 1. The van der Waals surface area contributed by atoms with Crippen LogP contribution < -0.4 is 0 Å². The van der Waals surface area contributed by atoms with Crippen molar-refractivity contribution in [3.63, 3.8) is 0 Å². The fraction of sp³-hybridized carbons (Fsp3) is 0.0714. The van der Waals surface area contributed by atoms with Crippen molar-refractivity contribution in [3.05, 3.63) is 54.6 Å². The molecule has 3 aromatic rings. The highest BCUT2D eigenvalue weighted by Gasteiger charge is 2.15. The smallest absolute Gasteiger partial charge is 0.195 e. The molecule has 0 fully saturated rings. The highest BCUT2D eigenvalue weighted by Crippen LogP contribution is 2.20. The van der Waals surface area contributed by atoms with Crippen molar-refractivity contribution in [3.8, 4) is 5.69 Å². The SMILES string of the molecule is CC(=O)c1nc2ccncc2n1-c1ccccc1. The van der Waals surface area contributed by atoms with E-state index in [4.69, 9.17) is 0 Å². The molecule has 88 valence electrons. The molecule has 0 saturated heterocycles. The predicted molar refractivity (Wildman–Crippen MR) is 68.9 cm³/mol. The van der Waals surface area contributed by atoms with Crippen LogP contribution in [0.15, 0.2) is 48.8 Å². The minimum atomic E-state index is -0.0601. The molecule has 2 heterocycles. The van der Waals surface area contributed by atoms with Gasteiger partial charge in [0.25, 0.3) is 0 Å². The lowest BCUT2D eigenvalue weighted by Crippen LogP contribution is -2.05. The molecule has 0 N–H and O–H groups in total. The van der Waals surface area contributed by atoms with Gasteiger partial charge in [-0.05, 0) is 18.2 Å². The number of hydrogen-bond acceptors (Lipinski definition) is 3. The van der Waals surface area contributed by atoms with Crippen LogP contribution >= 0.6 is 0 Å². The molecule has 4 heteroatoms. The Bertz CT molecular complexity index is 716. The number of benzene rings is 1. The normalized spacial score (nSPS) is 10.7. The minimum absolute atomic E-state index is 0.0601. The number of pyridine rings is 1. The van der Waals surface area contributed by atoms with Crippen molar-refractivity contribution in [1.29, 1.82) is 0 Å². The van der Waals surface area contributed by atoms with E-state index in [1.165, 1.54) is 6.92 Å². The summed E-state index contributed by atoms with van der Waals surface area (Å²) in [6, 6.07) is 11.5. The van der Waals surface area contributed by atoms with E-state index in [-0.39, 0.29) is 5.78 Å². The highest BCUT2D eigenvalue weighted by molar-refractivity contribution is 5.95. The highest BCUT2D eigenvalue weighted by atomic mass is 16.1. The molecular formula is C14H11N3O. The van der Waals surface area contributed by atoms with Crippen LogP contribution in [0.4, 0.5) is 0 Å². The van der Waals surface area contributed by atoms with Crippen LogP contribution in [0, 0.1) is 0 Å². The zero-order valence-electron chi connectivity index (χ0n) is 9.87. The van der Waals surface area contributed by atoms with E-state index >= 15 is 0 Å². The molecular weight excluding hydrogens is 226 g/mol. The van der Waals surface area contributed by atoms with Crippen molar-refractivity contribution in [2.45, 2.75) is 6.92 Å². The van der Waals surface area contributed by atoms with Crippen molar-refractivity contribution in [2.75, 3.05) is 0 Å². The van der Waals surface area contributed by atoms with Crippen LogP contribution in [0.5, 0.6) is 0 Å². The molecule has 0 radical (unpaired) electrons. The van der Waals surface area contributed by atoms with E-state index in [0.717, 1.165) is 16.7 Å². The Labute approximate surface area is 104 Å². The van der Waals surface area contributed by atoms with Crippen molar-refractivity contribution < 1.29 is 4.79 Å². The average Bonchev–Trinajstić information content (AvgIpc) is 2.79. The van der Waals surface area contributed by atoms with E-state index in [9.17, 15) is 4.79 Å². The first-order valence-electron chi connectivity index (χ1n) is 5.66. The van der Waals surface area contributed by atoms with Gasteiger partial charge < -0.3 is 0 Å². The zero-order chi connectivity index (χ0) is 12.5. The van der Waals surface area contributed by atoms with Gasteiger partial charge >= 0.3 is 0 Å². The van der Waals surface area contributed by atoms with Gasteiger partial charge in [-0.15, -0.1) is 0 Å². The summed E-state index contributed by atoms with van der Waals surface area (Å²) >= 11 is 0. The number of Topliss-reactive ketones (excluding diaryl/α,β-unsaturated/α-hetero) is 1. The minimum Gasteiger partial charge on any atom is -0.291 e. The molecule has 0 spiro atoms. The van der Waals surface area contributed by atoms with Crippen molar-refractivity contribution >= 4 is 16.8 Å². The van der Waals surface area contributed by atoms with Crippen LogP contribution in [0.2, 0.25) is 0 Å². The molecule has 0 unspecified atom stereocenters. The maximum atomic E-state index is 11.7. The zero-order valence-corrected chi connectivity index (χ0v) is 9.87. The fourth-order valence-corrected chi connectivity index (χ4v) is 2.00. The van der Waals surface area contributed by atoms with Crippen molar-refractivity contribution in [1.82, 2.24) is 14.5 Å². The standard InChI is InChI=1S/C14H11N3O/c1-10(18)14-16-12-7-8-15-9-13(12)17(14)11-5-3-2-4-6-11/h2-9H,1H3. The number of carbonyl (C=O) groups is 1. The molecule has 0 amide bonds. The number of carbonyl (C=O) groups excluding carboxylic acids is 1. The first-order valence-corrected chi connectivity index (χ1v) is 5.66. The third-order valence-electron chi connectivity index (χ3n) is 2.79. The van der Waals surface area contributed by atoms with Gasteiger partial charge in [-0.25, -0.2) is 4.98 Å². The van der Waals surface area contributed by atoms with Gasteiger partial charge in [-0.2, -0.15) is 0 Å².